The highest BCUT2D eigenvalue weighted by Crippen LogP contribution is 2.11. The summed E-state index contributed by atoms with van der Waals surface area (Å²) in [5.74, 6) is -0.868. The fraction of sp³-hybridized carbons (Fsp3) is 0.118. The molecule has 0 aliphatic heterocycles. The van der Waals surface area contributed by atoms with Crippen molar-refractivity contribution in [2.24, 2.45) is 0 Å². The highest BCUT2D eigenvalue weighted by atomic mass is 32.1. The molecule has 1 aromatic carbocycles. The van der Waals surface area contributed by atoms with Gasteiger partial charge in [0, 0.05) is 4.88 Å². The van der Waals surface area contributed by atoms with Crippen molar-refractivity contribution < 1.29 is 14.3 Å². The molecule has 0 saturated heterocycles. The predicted molar refractivity (Wildman–Crippen MR) is 87.5 cm³/mol. The van der Waals surface area contributed by atoms with Crippen LogP contribution in [0.5, 0.6) is 0 Å². The quantitative estimate of drug-likeness (QED) is 0.520. The van der Waals surface area contributed by atoms with Gasteiger partial charge >= 0.3 is 5.97 Å². The second kappa shape index (κ2) is 7.92. The van der Waals surface area contributed by atoms with Crippen molar-refractivity contribution in [2.45, 2.75) is 6.54 Å². The second-order valence-corrected chi connectivity index (χ2v) is 5.58. The number of nitrogens with one attached hydrogen (secondary N) is 1. The van der Waals surface area contributed by atoms with Crippen LogP contribution in [0, 0.1) is 11.3 Å². The molecule has 0 aliphatic carbocycles. The Morgan fingerprint density at radius 2 is 2.04 bits per heavy atom. The minimum absolute atomic E-state index is 0.00683. The zero-order valence-electron chi connectivity index (χ0n) is 12.4. The molecule has 0 saturated carbocycles. The Labute approximate surface area is 137 Å². The molecule has 1 amide bonds. The minimum Gasteiger partial charge on any atom is -0.465 e. The SMILES string of the molecule is COC(=O)c1ccc(C=C(C#N)C(=O)NCc2cccs2)cc1. The summed E-state index contributed by atoms with van der Waals surface area (Å²) < 4.78 is 4.61. The summed E-state index contributed by atoms with van der Waals surface area (Å²) in [6, 6.07) is 12.2. The number of rotatable bonds is 5. The first-order valence-electron chi connectivity index (χ1n) is 6.75. The van der Waals surface area contributed by atoms with Crippen molar-refractivity contribution >= 4 is 29.3 Å². The number of ether oxygens (including phenoxy) is 1. The summed E-state index contributed by atoms with van der Waals surface area (Å²) in [4.78, 5) is 24.4. The normalized spacial score (nSPS) is 10.7. The molecule has 0 spiro atoms. The summed E-state index contributed by atoms with van der Waals surface area (Å²) in [5, 5.41) is 13.8. The molecule has 6 heteroatoms. The molecule has 5 nitrogen and oxygen atoms in total. The maximum absolute atomic E-state index is 12.0. The molecule has 1 N–H and O–H groups in total. The van der Waals surface area contributed by atoms with E-state index in [9.17, 15) is 9.59 Å². The molecular weight excluding hydrogens is 312 g/mol. The van der Waals surface area contributed by atoms with Crippen molar-refractivity contribution in [1.82, 2.24) is 5.32 Å². The van der Waals surface area contributed by atoms with Gasteiger partial charge in [-0.15, -0.1) is 11.3 Å². The third kappa shape index (κ3) is 4.53. The minimum atomic E-state index is -0.435. The van der Waals surface area contributed by atoms with Gasteiger partial charge in [-0.25, -0.2) is 4.79 Å². The molecule has 0 radical (unpaired) electrons. The summed E-state index contributed by atoms with van der Waals surface area (Å²) in [7, 11) is 1.31. The van der Waals surface area contributed by atoms with E-state index >= 15 is 0 Å². The Hall–Kier alpha value is -2.91. The Morgan fingerprint density at radius 1 is 1.30 bits per heavy atom. The lowest BCUT2D eigenvalue weighted by Crippen LogP contribution is -2.23. The smallest absolute Gasteiger partial charge is 0.337 e. The third-order valence-electron chi connectivity index (χ3n) is 3.01. The van der Waals surface area contributed by atoms with E-state index < -0.39 is 11.9 Å². The number of benzene rings is 1. The van der Waals surface area contributed by atoms with Gasteiger partial charge in [0.05, 0.1) is 19.2 Å². The second-order valence-electron chi connectivity index (χ2n) is 4.55. The van der Waals surface area contributed by atoms with Gasteiger partial charge in [-0.05, 0) is 35.2 Å². The Bertz CT molecular complexity index is 756. The first-order chi connectivity index (χ1) is 11.1. The molecule has 2 aromatic rings. The van der Waals surface area contributed by atoms with Crippen LogP contribution in [0.3, 0.4) is 0 Å². The van der Waals surface area contributed by atoms with E-state index in [4.69, 9.17) is 5.26 Å². The maximum Gasteiger partial charge on any atom is 0.337 e. The van der Waals surface area contributed by atoms with Gasteiger partial charge in [-0.2, -0.15) is 5.26 Å². The molecule has 0 fully saturated rings. The fourth-order valence-electron chi connectivity index (χ4n) is 1.82. The van der Waals surface area contributed by atoms with Crippen molar-refractivity contribution in [3.05, 3.63) is 63.4 Å². The van der Waals surface area contributed by atoms with Crippen LogP contribution in [0.25, 0.3) is 6.08 Å². The van der Waals surface area contributed by atoms with Crippen LogP contribution in [-0.4, -0.2) is 19.0 Å². The molecule has 0 unspecified atom stereocenters. The number of nitriles is 1. The van der Waals surface area contributed by atoms with E-state index in [2.05, 4.69) is 10.1 Å². The van der Waals surface area contributed by atoms with E-state index in [1.807, 2.05) is 23.6 Å². The summed E-state index contributed by atoms with van der Waals surface area (Å²) in [6.07, 6.45) is 1.48. The van der Waals surface area contributed by atoms with E-state index in [-0.39, 0.29) is 5.57 Å². The molecule has 23 heavy (non-hydrogen) atoms. The molecule has 2 rings (SSSR count). The summed E-state index contributed by atoms with van der Waals surface area (Å²) in [5.41, 5.74) is 1.07. The molecule has 116 valence electrons. The lowest BCUT2D eigenvalue weighted by Gasteiger charge is -2.03. The number of esters is 1. The van der Waals surface area contributed by atoms with Gasteiger partial charge in [0.1, 0.15) is 11.6 Å². The monoisotopic (exact) mass is 326 g/mol. The van der Waals surface area contributed by atoms with Crippen molar-refractivity contribution in [1.29, 1.82) is 5.26 Å². The molecule has 0 bridgehead atoms. The van der Waals surface area contributed by atoms with Gasteiger partial charge in [-0.1, -0.05) is 18.2 Å². The first kappa shape index (κ1) is 16.5. The van der Waals surface area contributed by atoms with Crippen LogP contribution in [0.2, 0.25) is 0 Å². The van der Waals surface area contributed by atoms with Gasteiger partial charge in [0.2, 0.25) is 0 Å². The lowest BCUT2D eigenvalue weighted by atomic mass is 10.1. The summed E-state index contributed by atoms with van der Waals surface area (Å²) in [6.45, 7) is 0.386. The first-order valence-corrected chi connectivity index (χ1v) is 7.62. The highest BCUT2D eigenvalue weighted by Gasteiger charge is 2.09. The lowest BCUT2D eigenvalue weighted by molar-refractivity contribution is -0.117. The van der Waals surface area contributed by atoms with Gasteiger partial charge in [0.15, 0.2) is 0 Å². The number of carbonyl (C=O) groups excluding carboxylic acids is 2. The van der Waals surface area contributed by atoms with Crippen LogP contribution in [0.4, 0.5) is 0 Å². The number of hydrogen-bond donors (Lipinski definition) is 1. The molecule has 0 atom stereocenters. The summed E-state index contributed by atoms with van der Waals surface area (Å²) >= 11 is 1.53. The van der Waals surface area contributed by atoms with E-state index in [0.717, 1.165) is 4.88 Å². The van der Waals surface area contributed by atoms with E-state index in [0.29, 0.717) is 17.7 Å². The van der Waals surface area contributed by atoms with E-state index in [1.165, 1.54) is 24.5 Å². The zero-order valence-corrected chi connectivity index (χ0v) is 13.2. The Morgan fingerprint density at radius 3 is 2.61 bits per heavy atom. The molecular formula is C17H14N2O3S. The average Bonchev–Trinajstić information content (AvgIpc) is 3.11. The number of carbonyl (C=O) groups is 2. The Kier molecular flexibility index (Phi) is 5.67. The van der Waals surface area contributed by atoms with Crippen LogP contribution in [0.15, 0.2) is 47.4 Å². The van der Waals surface area contributed by atoms with Crippen LogP contribution >= 0.6 is 11.3 Å². The molecule has 0 aliphatic rings. The number of hydrogen-bond acceptors (Lipinski definition) is 5. The number of methoxy groups -OCH3 is 1. The van der Waals surface area contributed by atoms with Crippen LogP contribution < -0.4 is 5.32 Å². The van der Waals surface area contributed by atoms with E-state index in [1.54, 1.807) is 24.3 Å². The third-order valence-corrected chi connectivity index (χ3v) is 3.89. The van der Waals surface area contributed by atoms with Crippen molar-refractivity contribution in [3.8, 4) is 6.07 Å². The number of thiophene rings is 1. The van der Waals surface area contributed by atoms with Crippen LogP contribution in [-0.2, 0) is 16.1 Å². The predicted octanol–water partition coefficient (Wildman–Crippen LogP) is 2.76. The van der Waals surface area contributed by atoms with Gasteiger partial charge < -0.3 is 10.1 Å². The highest BCUT2D eigenvalue weighted by molar-refractivity contribution is 7.09. The standard InChI is InChI=1S/C17H14N2O3S/c1-22-17(21)13-6-4-12(5-7-13)9-14(10-18)16(20)19-11-15-3-2-8-23-15/h2-9H,11H2,1H3,(H,19,20). The Balaban J connectivity index is 2.07. The fourth-order valence-corrected chi connectivity index (χ4v) is 2.47. The zero-order chi connectivity index (χ0) is 16.7. The number of amides is 1. The topological polar surface area (TPSA) is 79.2 Å². The average molecular weight is 326 g/mol. The molecule has 1 heterocycles. The van der Waals surface area contributed by atoms with Gasteiger partial charge in [0.25, 0.3) is 5.91 Å². The maximum atomic E-state index is 12.0. The molecule has 1 aromatic heterocycles. The van der Waals surface area contributed by atoms with Crippen molar-refractivity contribution in [3.63, 3.8) is 0 Å². The van der Waals surface area contributed by atoms with Crippen molar-refractivity contribution in [2.75, 3.05) is 7.11 Å². The van der Waals surface area contributed by atoms with Crippen LogP contribution in [0.1, 0.15) is 20.8 Å². The van der Waals surface area contributed by atoms with Gasteiger partial charge in [-0.3, -0.25) is 4.79 Å². The number of nitrogens with zero attached hydrogens (tertiary/aromatic N) is 1. The largest absolute Gasteiger partial charge is 0.465 e.